The summed E-state index contributed by atoms with van der Waals surface area (Å²) in [5.74, 6) is 0.294. The molecule has 2 aromatic rings. The number of hydrogen-bond donors (Lipinski definition) is 2. The molecular weight excluding hydrogens is 389 g/mol. The molecule has 1 saturated heterocycles. The number of nitrogens with one attached hydrogen (secondary N) is 2. The van der Waals surface area contributed by atoms with Crippen LogP contribution in [0.1, 0.15) is 57.9 Å². The highest BCUT2D eigenvalue weighted by molar-refractivity contribution is 5.82. The minimum Gasteiger partial charge on any atom is -0.459 e. The molecule has 0 radical (unpaired) electrons. The Kier molecular flexibility index (Phi) is 6.24. The molecule has 2 N–H and O–H groups in total. The minimum absolute atomic E-state index is 0.0196. The van der Waals surface area contributed by atoms with E-state index >= 15 is 0 Å². The molecule has 1 atom stereocenters. The average Bonchev–Trinajstić information content (AvgIpc) is 2.97. The van der Waals surface area contributed by atoms with E-state index in [4.69, 9.17) is 9.15 Å². The first-order chi connectivity index (χ1) is 14.0. The molecule has 7 nitrogen and oxygen atoms in total. The molecule has 3 amide bonds. The number of alkyl carbamates (subject to hydrolysis) is 1. The van der Waals surface area contributed by atoms with Crippen LogP contribution in [0.4, 0.5) is 14.0 Å². The molecule has 1 aliphatic heterocycles. The topological polar surface area (TPSA) is 83.8 Å². The number of piperidine rings is 1. The van der Waals surface area contributed by atoms with Gasteiger partial charge in [-0.15, -0.1) is 0 Å². The van der Waals surface area contributed by atoms with Crippen molar-refractivity contribution < 1.29 is 23.1 Å². The number of fused-ring (bicyclic) bond motifs is 1. The van der Waals surface area contributed by atoms with Gasteiger partial charge in [0.2, 0.25) is 0 Å². The van der Waals surface area contributed by atoms with E-state index in [0.717, 1.165) is 5.56 Å². The summed E-state index contributed by atoms with van der Waals surface area (Å²) in [6, 6.07) is 3.82. The van der Waals surface area contributed by atoms with Crippen molar-refractivity contribution in [1.82, 2.24) is 15.5 Å². The summed E-state index contributed by atoms with van der Waals surface area (Å²) in [6.07, 6.45) is 0.879. The Morgan fingerprint density at radius 2 is 1.93 bits per heavy atom. The maximum absolute atomic E-state index is 13.5. The molecule has 0 saturated carbocycles. The third-order valence-corrected chi connectivity index (χ3v) is 5.17. The van der Waals surface area contributed by atoms with Crippen LogP contribution in [0, 0.1) is 12.7 Å². The number of urea groups is 1. The van der Waals surface area contributed by atoms with Gasteiger partial charge in [0.05, 0.1) is 6.04 Å². The quantitative estimate of drug-likeness (QED) is 0.759. The maximum Gasteiger partial charge on any atom is 0.407 e. The van der Waals surface area contributed by atoms with E-state index in [9.17, 15) is 14.0 Å². The highest BCUT2D eigenvalue weighted by Gasteiger charge is 2.27. The molecule has 0 aliphatic carbocycles. The van der Waals surface area contributed by atoms with Crippen LogP contribution in [0.3, 0.4) is 0 Å². The number of rotatable bonds is 3. The van der Waals surface area contributed by atoms with Crippen LogP contribution in [-0.4, -0.2) is 41.8 Å². The molecule has 1 aliphatic rings. The highest BCUT2D eigenvalue weighted by atomic mass is 19.1. The van der Waals surface area contributed by atoms with E-state index in [0.29, 0.717) is 42.7 Å². The minimum atomic E-state index is -0.540. The molecule has 0 bridgehead atoms. The molecule has 8 heteroatoms. The van der Waals surface area contributed by atoms with E-state index < -0.39 is 11.7 Å². The van der Waals surface area contributed by atoms with Gasteiger partial charge in [-0.2, -0.15) is 0 Å². The molecule has 0 spiro atoms. The molecule has 1 fully saturated rings. The van der Waals surface area contributed by atoms with Crippen LogP contribution >= 0.6 is 0 Å². The lowest BCUT2D eigenvalue weighted by atomic mass is 10.1. The Labute approximate surface area is 175 Å². The number of carbonyl (C=O) groups is 2. The number of halogens is 1. The van der Waals surface area contributed by atoms with Crippen molar-refractivity contribution in [3.8, 4) is 0 Å². The van der Waals surface area contributed by atoms with E-state index in [1.807, 2.05) is 34.6 Å². The number of furan rings is 1. The Morgan fingerprint density at radius 3 is 2.57 bits per heavy atom. The van der Waals surface area contributed by atoms with Gasteiger partial charge in [0.1, 0.15) is 22.8 Å². The monoisotopic (exact) mass is 419 g/mol. The second kappa shape index (κ2) is 8.53. The number of benzene rings is 1. The van der Waals surface area contributed by atoms with Crippen molar-refractivity contribution in [2.24, 2.45) is 0 Å². The lowest BCUT2D eigenvalue weighted by Crippen LogP contribution is -2.50. The Bertz CT molecular complexity index is 926. The first-order valence-electron chi connectivity index (χ1n) is 10.3. The first kappa shape index (κ1) is 21.9. The van der Waals surface area contributed by atoms with Crippen LogP contribution in [0.15, 0.2) is 22.6 Å². The van der Waals surface area contributed by atoms with Gasteiger partial charge in [-0.05, 0) is 65.7 Å². The van der Waals surface area contributed by atoms with Crippen molar-refractivity contribution in [2.75, 3.05) is 13.1 Å². The maximum atomic E-state index is 13.5. The normalized spacial score (nSPS) is 16.4. The van der Waals surface area contributed by atoms with E-state index in [-0.39, 0.29) is 23.9 Å². The largest absolute Gasteiger partial charge is 0.459 e. The summed E-state index contributed by atoms with van der Waals surface area (Å²) >= 11 is 0. The summed E-state index contributed by atoms with van der Waals surface area (Å²) in [5, 5.41) is 6.53. The van der Waals surface area contributed by atoms with Crippen molar-refractivity contribution >= 4 is 23.1 Å². The Hall–Kier alpha value is -2.77. The average molecular weight is 419 g/mol. The number of carbonyl (C=O) groups excluding carboxylic acids is 2. The molecule has 164 valence electrons. The smallest absolute Gasteiger partial charge is 0.407 e. The second-order valence-corrected chi connectivity index (χ2v) is 8.81. The van der Waals surface area contributed by atoms with Gasteiger partial charge in [-0.1, -0.05) is 0 Å². The van der Waals surface area contributed by atoms with Crippen LogP contribution in [-0.2, 0) is 4.74 Å². The van der Waals surface area contributed by atoms with E-state index in [1.165, 1.54) is 12.1 Å². The number of aryl methyl sites for hydroxylation is 1. The highest BCUT2D eigenvalue weighted by Crippen LogP contribution is 2.30. The van der Waals surface area contributed by atoms with Crippen LogP contribution in [0.5, 0.6) is 0 Å². The van der Waals surface area contributed by atoms with Crippen molar-refractivity contribution in [3.05, 3.63) is 35.3 Å². The fourth-order valence-corrected chi connectivity index (χ4v) is 3.67. The lowest BCUT2D eigenvalue weighted by molar-refractivity contribution is 0.0485. The van der Waals surface area contributed by atoms with Gasteiger partial charge in [-0.25, -0.2) is 14.0 Å². The number of nitrogens with zero attached hydrogens (tertiary/aromatic N) is 1. The zero-order valence-electron chi connectivity index (χ0n) is 18.2. The molecule has 1 aromatic heterocycles. The van der Waals surface area contributed by atoms with Gasteiger partial charge < -0.3 is 24.7 Å². The number of amides is 3. The van der Waals surface area contributed by atoms with Gasteiger partial charge in [-0.3, -0.25) is 0 Å². The van der Waals surface area contributed by atoms with Gasteiger partial charge in [0.15, 0.2) is 0 Å². The number of likely N-dealkylation sites (tertiary alicyclic amines) is 1. The lowest BCUT2D eigenvalue weighted by Gasteiger charge is -2.33. The predicted octanol–water partition coefficient (Wildman–Crippen LogP) is 4.64. The van der Waals surface area contributed by atoms with Crippen LogP contribution in [0.2, 0.25) is 0 Å². The summed E-state index contributed by atoms with van der Waals surface area (Å²) in [5.41, 5.74) is 0.873. The SMILES string of the molecule is Cc1c(C(C)NC(=O)N2CCC(NC(=O)OC(C)(C)C)CC2)oc2ccc(F)cc12. The zero-order valence-corrected chi connectivity index (χ0v) is 18.2. The third kappa shape index (κ3) is 5.23. The molecule has 1 unspecified atom stereocenters. The predicted molar refractivity (Wildman–Crippen MR) is 112 cm³/mol. The Balaban J connectivity index is 1.53. The van der Waals surface area contributed by atoms with Crippen molar-refractivity contribution in [1.29, 1.82) is 0 Å². The number of hydrogen-bond acceptors (Lipinski definition) is 4. The summed E-state index contributed by atoms with van der Waals surface area (Å²) in [7, 11) is 0. The third-order valence-electron chi connectivity index (χ3n) is 5.17. The van der Waals surface area contributed by atoms with Gasteiger partial charge >= 0.3 is 12.1 Å². The first-order valence-corrected chi connectivity index (χ1v) is 10.3. The van der Waals surface area contributed by atoms with Gasteiger partial charge in [0, 0.05) is 30.1 Å². The second-order valence-electron chi connectivity index (χ2n) is 8.81. The number of ether oxygens (including phenoxy) is 1. The fourth-order valence-electron chi connectivity index (χ4n) is 3.67. The molecule has 1 aromatic carbocycles. The van der Waals surface area contributed by atoms with E-state index in [1.54, 1.807) is 11.0 Å². The van der Waals surface area contributed by atoms with Gasteiger partial charge in [0.25, 0.3) is 0 Å². The Morgan fingerprint density at radius 1 is 1.27 bits per heavy atom. The summed E-state index contributed by atoms with van der Waals surface area (Å²) < 4.78 is 24.6. The summed E-state index contributed by atoms with van der Waals surface area (Å²) in [4.78, 5) is 26.3. The standard InChI is InChI=1S/C22H30FN3O4/c1-13-17-12-15(23)6-7-18(17)29-19(13)14(2)24-20(27)26-10-8-16(9-11-26)25-21(28)30-22(3,4)5/h6-7,12,14,16H,8-11H2,1-5H3,(H,24,27)(H,25,28). The molecule has 3 rings (SSSR count). The summed E-state index contributed by atoms with van der Waals surface area (Å²) in [6.45, 7) is 10.2. The van der Waals surface area contributed by atoms with Crippen molar-refractivity contribution in [3.63, 3.8) is 0 Å². The van der Waals surface area contributed by atoms with E-state index in [2.05, 4.69) is 10.6 Å². The van der Waals surface area contributed by atoms with Crippen LogP contribution in [0.25, 0.3) is 11.0 Å². The van der Waals surface area contributed by atoms with Crippen molar-refractivity contribution in [2.45, 2.75) is 65.1 Å². The molecular formula is C22H30FN3O4. The molecule has 2 heterocycles. The van der Waals surface area contributed by atoms with Crippen LogP contribution < -0.4 is 10.6 Å². The molecule has 30 heavy (non-hydrogen) atoms. The fraction of sp³-hybridized carbons (Fsp3) is 0.545. The zero-order chi connectivity index (χ0) is 22.1.